The van der Waals surface area contributed by atoms with Gasteiger partial charge in [0.2, 0.25) is 11.8 Å². The zero-order chi connectivity index (χ0) is 18.0. The average Bonchev–Trinajstić information content (AvgIpc) is 2.93. The molecule has 2 amide bonds. The molecule has 0 radical (unpaired) electrons. The number of fused-ring (bicyclic) bond motifs is 1. The second-order valence-corrected chi connectivity index (χ2v) is 5.84. The van der Waals surface area contributed by atoms with Gasteiger partial charge in [-0.25, -0.2) is 9.69 Å². The number of imide groups is 1. The molecular formula is C16H17NO6S. The highest BCUT2D eigenvalue weighted by Gasteiger charge is 2.31. The van der Waals surface area contributed by atoms with Gasteiger partial charge in [0.05, 0.1) is 37.1 Å². The van der Waals surface area contributed by atoms with Crippen molar-refractivity contribution in [2.75, 3.05) is 26.2 Å². The average molecular weight is 351 g/mol. The largest absolute Gasteiger partial charge is 0.496 e. The molecule has 0 unspecified atom stereocenters. The Morgan fingerprint density at radius 2 is 1.50 bits per heavy atom. The van der Waals surface area contributed by atoms with Gasteiger partial charge in [-0.2, -0.15) is 0 Å². The minimum atomic E-state index is -0.650. The van der Waals surface area contributed by atoms with Gasteiger partial charge in [-0.05, 0) is 12.1 Å². The number of benzene rings is 1. The first-order valence-corrected chi connectivity index (χ1v) is 7.76. The number of hydrogen-bond donors (Lipinski definition) is 0. The Labute approximate surface area is 142 Å². The van der Waals surface area contributed by atoms with E-state index in [4.69, 9.17) is 14.2 Å². The van der Waals surface area contributed by atoms with Gasteiger partial charge < -0.3 is 14.2 Å². The molecule has 1 heterocycles. The molecule has 24 heavy (non-hydrogen) atoms. The Kier molecular flexibility index (Phi) is 5.08. The van der Waals surface area contributed by atoms with Crippen molar-refractivity contribution in [1.82, 2.24) is 0 Å². The molecule has 0 atom stereocenters. The summed E-state index contributed by atoms with van der Waals surface area (Å²) in [6, 6.07) is 3.34. The summed E-state index contributed by atoms with van der Waals surface area (Å²) in [5, 5.41) is 0.452. The quantitative estimate of drug-likeness (QED) is 0.788. The van der Waals surface area contributed by atoms with E-state index in [-0.39, 0.29) is 10.6 Å². The van der Waals surface area contributed by atoms with Gasteiger partial charge in [-0.3, -0.25) is 9.59 Å². The van der Waals surface area contributed by atoms with Crippen LogP contribution in [-0.4, -0.2) is 39.1 Å². The lowest BCUT2D eigenvalue weighted by atomic mass is 10.1. The highest BCUT2D eigenvalue weighted by atomic mass is 32.1. The van der Waals surface area contributed by atoms with Crippen LogP contribution in [0.3, 0.4) is 0 Å². The van der Waals surface area contributed by atoms with Gasteiger partial charge in [0, 0.05) is 13.8 Å². The predicted molar refractivity (Wildman–Crippen MR) is 90.1 cm³/mol. The molecule has 0 N–H and O–H groups in total. The summed E-state index contributed by atoms with van der Waals surface area (Å²) in [7, 11) is 4.19. The molecule has 7 nitrogen and oxygen atoms in total. The van der Waals surface area contributed by atoms with Crippen LogP contribution in [0.1, 0.15) is 23.5 Å². The van der Waals surface area contributed by atoms with Crippen LogP contribution in [0.25, 0.3) is 10.1 Å². The van der Waals surface area contributed by atoms with Crippen molar-refractivity contribution in [3.63, 3.8) is 0 Å². The molecule has 1 aromatic carbocycles. The van der Waals surface area contributed by atoms with Crippen molar-refractivity contribution >= 4 is 44.9 Å². The van der Waals surface area contributed by atoms with Gasteiger partial charge in [0.1, 0.15) is 16.4 Å². The number of rotatable bonds is 4. The molecule has 0 aliphatic rings. The van der Waals surface area contributed by atoms with E-state index in [9.17, 15) is 14.4 Å². The van der Waals surface area contributed by atoms with E-state index in [1.54, 1.807) is 12.1 Å². The number of amides is 2. The number of hydrogen-bond acceptors (Lipinski definition) is 7. The van der Waals surface area contributed by atoms with Gasteiger partial charge in [-0.1, -0.05) is 0 Å². The SMILES string of the molecule is COC(=O)c1sc2c(OC)ccc(OC)c2c1N(C(C)=O)C(C)=O. The molecule has 1 aromatic heterocycles. The van der Waals surface area contributed by atoms with E-state index in [1.165, 1.54) is 35.2 Å². The smallest absolute Gasteiger partial charge is 0.350 e. The maximum absolute atomic E-state index is 12.2. The van der Waals surface area contributed by atoms with Crippen LogP contribution in [0, 0.1) is 0 Å². The van der Waals surface area contributed by atoms with Crippen molar-refractivity contribution in [2.45, 2.75) is 13.8 Å². The number of carbonyl (C=O) groups is 3. The molecule has 0 bridgehead atoms. The standard InChI is InChI=1S/C16H17NO6S/c1-8(18)17(9(2)19)13-12-10(21-3)6-7-11(22-4)14(12)24-15(13)16(20)23-5/h6-7H,1-5H3. The van der Waals surface area contributed by atoms with E-state index in [0.717, 1.165) is 16.2 Å². The van der Waals surface area contributed by atoms with Gasteiger partial charge in [0.15, 0.2) is 0 Å². The number of ether oxygens (including phenoxy) is 3. The normalized spacial score (nSPS) is 10.4. The first-order valence-electron chi connectivity index (χ1n) is 6.94. The van der Waals surface area contributed by atoms with Gasteiger partial charge in [0.25, 0.3) is 0 Å². The zero-order valence-electron chi connectivity index (χ0n) is 14.0. The maximum Gasteiger partial charge on any atom is 0.350 e. The Morgan fingerprint density at radius 3 is 1.96 bits per heavy atom. The molecule has 0 spiro atoms. The third kappa shape index (κ3) is 2.80. The number of nitrogens with zero attached hydrogens (tertiary/aromatic N) is 1. The van der Waals surface area contributed by atoms with E-state index in [0.29, 0.717) is 21.6 Å². The summed E-state index contributed by atoms with van der Waals surface area (Å²) in [5.41, 5.74) is 0.151. The maximum atomic E-state index is 12.2. The predicted octanol–water partition coefficient (Wildman–Crippen LogP) is 2.60. The zero-order valence-corrected chi connectivity index (χ0v) is 14.8. The van der Waals surface area contributed by atoms with Crippen molar-refractivity contribution < 1.29 is 28.6 Å². The molecule has 128 valence electrons. The highest BCUT2D eigenvalue weighted by molar-refractivity contribution is 7.22. The summed E-state index contributed by atoms with van der Waals surface area (Å²) < 4.78 is 16.1. The lowest BCUT2D eigenvalue weighted by molar-refractivity contribution is -0.124. The third-order valence-electron chi connectivity index (χ3n) is 3.40. The minimum absolute atomic E-state index is 0.126. The van der Waals surface area contributed by atoms with E-state index < -0.39 is 17.8 Å². The molecule has 2 rings (SSSR count). The topological polar surface area (TPSA) is 82.1 Å². The molecule has 8 heteroatoms. The Balaban J connectivity index is 2.99. The van der Waals surface area contributed by atoms with Crippen LogP contribution in [-0.2, 0) is 14.3 Å². The Morgan fingerprint density at radius 1 is 0.958 bits per heavy atom. The number of esters is 1. The minimum Gasteiger partial charge on any atom is -0.496 e. The second-order valence-electron chi connectivity index (χ2n) is 4.82. The van der Waals surface area contributed by atoms with Crippen LogP contribution < -0.4 is 14.4 Å². The van der Waals surface area contributed by atoms with Crippen molar-refractivity contribution in [3.8, 4) is 11.5 Å². The fourth-order valence-corrected chi connectivity index (χ4v) is 3.66. The van der Waals surface area contributed by atoms with Crippen LogP contribution in [0.4, 0.5) is 5.69 Å². The monoisotopic (exact) mass is 351 g/mol. The molecule has 0 saturated carbocycles. The first kappa shape index (κ1) is 17.7. The number of carbonyl (C=O) groups excluding carboxylic acids is 3. The third-order valence-corrected chi connectivity index (χ3v) is 4.58. The van der Waals surface area contributed by atoms with Crippen LogP contribution in [0.2, 0.25) is 0 Å². The Bertz CT molecular complexity index is 812. The van der Waals surface area contributed by atoms with Crippen LogP contribution >= 0.6 is 11.3 Å². The first-order chi connectivity index (χ1) is 11.4. The van der Waals surface area contributed by atoms with Crippen molar-refractivity contribution in [1.29, 1.82) is 0 Å². The number of methoxy groups -OCH3 is 3. The molecule has 0 saturated heterocycles. The van der Waals surface area contributed by atoms with Crippen LogP contribution in [0.5, 0.6) is 11.5 Å². The lowest BCUT2D eigenvalue weighted by Crippen LogP contribution is -2.34. The van der Waals surface area contributed by atoms with Crippen LogP contribution in [0.15, 0.2) is 12.1 Å². The Hall–Kier alpha value is -2.61. The summed E-state index contributed by atoms with van der Waals surface area (Å²) in [6.45, 7) is 2.50. The molecule has 0 fully saturated rings. The summed E-state index contributed by atoms with van der Waals surface area (Å²) in [6.07, 6.45) is 0. The van der Waals surface area contributed by atoms with Gasteiger partial charge >= 0.3 is 5.97 Å². The van der Waals surface area contributed by atoms with E-state index >= 15 is 0 Å². The molecule has 2 aromatic rings. The summed E-state index contributed by atoms with van der Waals surface area (Å²) in [5.74, 6) is -0.767. The fraction of sp³-hybridized carbons (Fsp3) is 0.312. The second kappa shape index (κ2) is 6.88. The molecular weight excluding hydrogens is 334 g/mol. The molecule has 0 aliphatic heterocycles. The lowest BCUT2D eigenvalue weighted by Gasteiger charge is -2.19. The van der Waals surface area contributed by atoms with E-state index in [1.807, 2.05) is 0 Å². The van der Waals surface area contributed by atoms with Crippen molar-refractivity contribution in [2.24, 2.45) is 0 Å². The van der Waals surface area contributed by atoms with Crippen molar-refractivity contribution in [3.05, 3.63) is 17.0 Å². The molecule has 0 aliphatic carbocycles. The summed E-state index contributed by atoms with van der Waals surface area (Å²) in [4.78, 5) is 37.3. The summed E-state index contributed by atoms with van der Waals surface area (Å²) >= 11 is 1.07. The fourth-order valence-electron chi connectivity index (χ4n) is 2.45. The number of anilines is 1. The highest BCUT2D eigenvalue weighted by Crippen LogP contribution is 2.47. The van der Waals surface area contributed by atoms with E-state index in [2.05, 4.69) is 0 Å². The number of thiophene rings is 1. The van der Waals surface area contributed by atoms with Gasteiger partial charge in [-0.15, -0.1) is 11.3 Å².